The molecule has 1 aliphatic carbocycles. The molecule has 20 heavy (non-hydrogen) atoms. The van der Waals surface area contributed by atoms with Crippen molar-refractivity contribution in [3.05, 3.63) is 59.7 Å². The van der Waals surface area contributed by atoms with Gasteiger partial charge in [0.25, 0.3) is 0 Å². The topological polar surface area (TPSA) is 17.1 Å². The molecule has 0 saturated carbocycles. The molecule has 0 aliphatic heterocycles. The van der Waals surface area contributed by atoms with E-state index in [-0.39, 0.29) is 16.5 Å². The van der Waals surface area contributed by atoms with E-state index in [4.69, 9.17) is 3.78 Å². The third-order valence-corrected chi connectivity index (χ3v) is 4.26. The summed E-state index contributed by atoms with van der Waals surface area (Å²) in [5.41, 5.74) is 3.17. The van der Waals surface area contributed by atoms with Crippen molar-refractivity contribution in [2.45, 2.75) is 25.7 Å². The molecule has 2 heteroatoms. The fourth-order valence-electron chi connectivity index (χ4n) is 3.34. The molecule has 3 aromatic carbocycles. The predicted molar refractivity (Wildman–Crippen MR) is 87.3 cm³/mol. The summed E-state index contributed by atoms with van der Waals surface area (Å²) >= 11 is 0.125. The minimum Gasteiger partial charge on any atom is -0.0616 e. The summed E-state index contributed by atoms with van der Waals surface area (Å²) in [4.78, 5) is 0. The molecule has 0 fully saturated rings. The zero-order valence-electron chi connectivity index (χ0n) is 11.6. The smallest absolute Gasteiger partial charge is 0.0102 e. The number of rotatable bonds is 0. The monoisotopic (exact) mass is 324 g/mol. The van der Waals surface area contributed by atoms with E-state index < -0.39 is 0 Å². The van der Waals surface area contributed by atoms with Gasteiger partial charge in [0, 0.05) is 0 Å². The summed E-state index contributed by atoms with van der Waals surface area (Å²) in [6.07, 6.45) is 5.22. The fourth-order valence-corrected chi connectivity index (χ4v) is 3.34. The van der Waals surface area contributed by atoms with Gasteiger partial charge in [-0.15, -0.1) is 0 Å². The molecule has 0 aromatic heterocycles. The second kappa shape index (κ2) is 5.88. The molecule has 1 nitrogen and oxygen atoms in total. The molecule has 4 rings (SSSR count). The summed E-state index contributed by atoms with van der Waals surface area (Å²) in [6.45, 7) is 0. The van der Waals surface area contributed by atoms with Crippen molar-refractivity contribution in [3.8, 4) is 0 Å². The average molecular weight is 323 g/mol. The second-order valence-corrected chi connectivity index (χ2v) is 5.29. The number of hydrogen-bond donors (Lipinski definition) is 0. The maximum Gasteiger partial charge on any atom is -0.0102 e. The zero-order chi connectivity index (χ0) is 13.9. The molecule has 0 saturated heterocycles. The van der Waals surface area contributed by atoms with E-state index in [9.17, 15) is 0 Å². The largest absolute Gasteiger partial charge is 0.0616 e. The van der Waals surface area contributed by atoms with Crippen molar-refractivity contribution in [2.24, 2.45) is 0 Å². The minimum atomic E-state index is 0.125. The summed E-state index contributed by atoms with van der Waals surface area (Å²) < 4.78 is 8.38. The molecule has 0 spiro atoms. The van der Waals surface area contributed by atoms with Crippen LogP contribution in [0.5, 0.6) is 0 Å². The van der Waals surface area contributed by atoms with E-state index in [1.165, 1.54) is 47.2 Å². The van der Waals surface area contributed by atoms with Crippen LogP contribution in [0.15, 0.2) is 48.5 Å². The van der Waals surface area contributed by atoms with Crippen LogP contribution in [-0.4, -0.2) is 16.5 Å². The Bertz CT molecular complexity index is 764. The van der Waals surface area contributed by atoms with Crippen LogP contribution in [0.4, 0.5) is 0 Å². The standard InChI is InChI=1S/C18H16.GeH2O/c1-3-7-15-13(5-1)9-11-18-16-8-4-2-6-14(16)10-12-17(15)18;1-2/h1,3,5,7,9-12H,2,4,6,8H2;1H2. The van der Waals surface area contributed by atoms with Crippen molar-refractivity contribution in [3.63, 3.8) is 0 Å². The summed E-state index contributed by atoms with van der Waals surface area (Å²) in [7, 11) is 0. The Morgan fingerprint density at radius 1 is 0.700 bits per heavy atom. The first-order valence-electron chi connectivity index (χ1n) is 7.14. The molecular weight excluding hydrogens is 305 g/mol. The molecule has 0 N–H and O–H groups in total. The van der Waals surface area contributed by atoms with E-state index >= 15 is 0 Å². The van der Waals surface area contributed by atoms with Gasteiger partial charge in [0.2, 0.25) is 0 Å². The zero-order valence-corrected chi connectivity index (χ0v) is 14.5. The third-order valence-electron chi connectivity index (χ3n) is 4.26. The Morgan fingerprint density at radius 2 is 1.45 bits per heavy atom. The van der Waals surface area contributed by atoms with E-state index in [2.05, 4.69) is 48.5 Å². The number of fused-ring (bicyclic) bond motifs is 5. The van der Waals surface area contributed by atoms with Crippen molar-refractivity contribution in [2.75, 3.05) is 0 Å². The van der Waals surface area contributed by atoms with Gasteiger partial charge in [-0.2, -0.15) is 0 Å². The average Bonchev–Trinajstić information content (AvgIpc) is 2.56. The molecule has 0 bridgehead atoms. The van der Waals surface area contributed by atoms with Crippen LogP contribution in [0.1, 0.15) is 24.0 Å². The Labute approximate surface area is 127 Å². The quantitative estimate of drug-likeness (QED) is 0.454. The van der Waals surface area contributed by atoms with Gasteiger partial charge in [-0.1, -0.05) is 48.5 Å². The van der Waals surface area contributed by atoms with Crippen molar-refractivity contribution in [1.29, 1.82) is 0 Å². The molecule has 0 atom stereocenters. The molecule has 0 radical (unpaired) electrons. The van der Waals surface area contributed by atoms with Gasteiger partial charge in [0.15, 0.2) is 0 Å². The van der Waals surface area contributed by atoms with Crippen molar-refractivity contribution >= 4 is 38.0 Å². The van der Waals surface area contributed by atoms with Crippen molar-refractivity contribution < 1.29 is 3.78 Å². The minimum absolute atomic E-state index is 0.125. The first-order valence-corrected chi connectivity index (χ1v) is 8.36. The SMILES string of the molecule is [O]=[GeH2].c1ccc2c(c1)ccc1c3c(ccc12)CCCC3. The van der Waals surface area contributed by atoms with E-state index in [0.29, 0.717) is 0 Å². The molecular formula is C18H18GeO. The van der Waals surface area contributed by atoms with Gasteiger partial charge >= 0.3 is 20.2 Å². The Balaban J connectivity index is 0.000000581. The number of benzene rings is 3. The van der Waals surface area contributed by atoms with Crippen LogP contribution in [-0.2, 0) is 16.6 Å². The first-order chi connectivity index (χ1) is 9.93. The molecule has 100 valence electrons. The van der Waals surface area contributed by atoms with Crippen LogP contribution in [0.3, 0.4) is 0 Å². The fraction of sp³-hybridized carbons (Fsp3) is 0.222. The van der Waals surface area contributed by atoms with E-state index in [1.807, 2.05) is 0 Å². The maximum atomic E-state index is 8.38. The predicted octanol–water partition coefficient (Wildman–Crippen LogP) is 3.84. The number of hydrogen-bond acceptors (Lipinski definition) is 1. The van der Waals surface area contributed by atoms with Gasteiger partial charge in [0.05, 0.1) is 0 Å². The molecule has 3 aromatic rings. The van der Waals surface area contributed by atoms with Crippen molar-refractivity contribution in [1.82, 2.24) is 0 Å². The third kappa shape index (κ3) is 2.20. The molecule has 1 aliphatic rings. The molecule has 0 heterocycles. The van der Waals surface area contributed by atoms with Gasteiger partial charge in [-0.05, 0) is 58.4 Å². The Kier molecular flexibility index (Phi) is 3.97. The molecule has 0 amide bonds. The summed E-state index contributed by atoms with van der Waals surface area (Å²) in [5.74, 6) is 0. The van der Waals surface area contributed by atoms with Gasteiger partial charge in [-0.25, -0.2) is 0 Å². The van der Waals surface area contributed by atoms with Gasteiger partial charge in [0.1, 0.15) is 0 Å². The van der Waals surface area contributed by atoms with Crippen LogP contribution in [0, 0.1) is 0 Å². The van der Waals surface area contributed by atoms with Crippen LogP contribution >= 0.6 is 0 Å². The normalized spacial score (nSPS) is 13.6. The number of aryl methyl sites for hydroxylation is 2. The van der Waals surface area contributed by atoms with Gasteiger partial charge < -0.3 is 0 Å². The Morgan fingerprint density at radius 3 is 2.35 bits per heavy atom. The Hall–Kier alpha value is -1.48. The van der Waals surface area contributed by atoms with E-state index in [1.54, 1.807) is 11.1 Å². The first kappa shape index (κ1) is 13.5. The van der Waals surface area contributed by atoms with Crippen LogP contribution in [0.25, 0.3) is 21.5 Å². The van der Waals surface area contributed by atoms with Crippen LogP contribution in [0.2, 0.25) is 0 Å². The van der Waals surface area contributed by atoms with Crippen LogP contribution < -0.4 is 0 Å². The second-order valence-electron chi connectivity index (χ2n) is 5.29. The molecule has 0 unspecified atom stereocenters. The summed E-state index contributed by atoms with van der Waals surface area (Å²) in [6, 6.07) is 18.0. The maximum absolute atomic E-state index is 8.38. The van der Waals surface area contributed by atoms with E-state index in [0.717, 1.165) is 0 Å². The van der Waals surface area contributed by atoms with Gasteiger partial charge in [-0.3, -0.25) is 0 Å². The summed E-state index contributed by atoms with van der Waals surface area (Å²) in [5, 5.41) is 5.64.